The number of hydrogen-bond donors (Lipinski definition) is 0. The molecular weight excluding hydrogens is 474 g/mol. The zero-order chi connectivity index (χ0) is 26.0. The topological polar surface area (TPSA) is 22.1 Å². The van der Waals surface area contributed by atoms with Gasteiger partial charge in [-0.05, 0) is 57.0 Å². The van der Waals surface area contributed by atoms with Gasteiger partial charge in [0.1, 0.15) is 11.5 Å². The summed E-state index contributed by atoms with van der Waals surface area (Å²) in [5, 5.41) is 4.32. The first-order chi connectivity index (χ1) is 19.4. The second kappa shape index (κ2) is 9.92. The van der Waals surface area contributed by atoms with E-state index in [4.69, 9.17) is 4.74 Å². The van der Waals surface area contributed by atoms with Gasteiger partial charge in [-0.3, -0.25) is 4.98 Å². The van der Waals surface area contributed by atoms with Crippen molar-refractivity contribution in [2.75, 3.05) is 0 Å². The molecule has 1 heterocycles. The SMILES string of the molecule is c1ccc(-c2ccc(Oc3c4ccccc4c(-c4ccccc4)c4cnccc34)cc2-c2ccccc2)cc1. The maximum absolute atomic E-state index is 6.82. The van der Waals surface area contributed by atoms with Gasteiger partial charge in [0, 0.05) is 28.6 Å². The van der Waals surface area contributed by atoms with Crippen molar-refractivity contribution in [1.82, 2.24) is 4.98 Å². The molecule has 0 N–H and O–H groups in total. The summed E-state index contributed by atoms with van der Waals surface area (Å²) in [6.45, 7) is 0. The van der Waals surface area contributed by atoms with Crippen LogP contribution in [0.25, 0.3) is 54.9 Å². The Morgan fingerprint density at radius 2 is 1.00 bits per heavy atom. The predicted octanol–water partition coefficient (Wildman–Crippen LogP) is 10.2. The Bertz CT molecular complexity index is 1860. The Balaban J connectivity index is 1.44. The molecule has 0 amide bonds. The number of hydrogen-bond acceptors (Lipinski definition) is 2. The summed E-state index contributed by atoms with van der Waals surface area (Å²) >= 11 is 0. The summed E-state index contributed by atoms with van der Waals surface area (Å²) in [5.74, 6) is 1.64. The molecule has 0 spiro atoms. The van der Waals surface area contributed by atoms with Crippen molar-refractivity contribution in [3.63, 3.8) is 0 Å². The van der Waals surface area contributed by atoms with Crippen molar-refractivity contribution >= 4 is 21.5 Å². The Labute approximate surface area is 227 Å². The predicted molar refractivity (Wildman–Crippen MR) is 162 cm³/mol. The van der Waals surface area contributed by atoms with Gasteiger partial charge >= 0.3 is 0 Å². The number of pyridine rings is 1. The summed E-state index contributed by atoms with van der Waals surface area (Å²) in [7, 11) is 0. The van der Waals surface area contributed by atoms with E-state index in [0.29, 0.717) is 0 Å². The molecule has 0 saturated heterocycles. The summed E-state index contributed by atoms with van der Waals surface area (Å²) in [5.41, 5.74) is 6.98. The van der Waals surface area contributed by atoms with Crippen LogP contribution in [0.3, 0.4) is 0 Å². The van der Waals surface area contributed by atoms with E-state index in [9.17, 15) is 0 Å². The maximum atomic E-state index is 6.82. The third kappa shape index (κ3) is 4.22. The van der Waals surface area contributed by atoms with E-state index in [1.165, 1.54) is 16.7 Å². The van der Waals surface area contributed by atoms with Gasteiger partial charge in [0.25, 0.3) is 0 Å². The van der Waals surface area contributed by atoms with Crippen LogP contribution >= 0.6 is 0 Å². The van der Waals surface area contributed by atoms with Crippen LogP contribution in [-0.2, 0) is 0 Å². The van der Waals surface area contributed by atoms with Crippen LogP contribution in [-0.4, -0.2) is 4.98 Å². The Kier molecular flexibility index (Phi) is 5.84. The van der Waals surface area contributed by atoms with Crippen molar-refractivity contribution in [2.45, 2.75) is 0 Å². The second-order valence-electron chi connectivity index (χ2n) is 9.58. The van der Waals surface area contributed by atoms with E-state index in [1.807, 2.05) is 30.6 Å². The highest BCUT2D eigenvalue weighted by atomic mass is 16.5. The van der Waals surface area contributed by atoms with Crippen LogP contribution in [0.2, 0.25) is 0 Å². The van der Waals surface area contributed by atoms with E-state index >= 15 is 0 Å². The van der Waals surface area contributed by atoms with Gasteiger partial charge in [-0.25, -0.2) is 0 Å². The van der Waals surface area contributed by atoms with Gasteiger partial charge in [-0.2, -0.15) is 0 Å². The van der Waals surface area contributed by atoms with Crippen molar-refractivity contribution in [2.24, 2.45) is 0 Å². The molecule has 0 radical (unpaired) electrons. The average Bonchev–Trinajstić information content (AvgIpc) is 3.02. The van der Waals surface area contributed by atoms with E-state index < -0.39 is 0 Å². The molecule has 6 aromatic carbocycles. The Hall–Kier alpha value is -5.21. The molecule has 0 aliphatic carbocycles. The molecule has 0 fully saturated rings. The van der Waals surface area contributed by atoms with E-state index in [-0.39, 0.29) is 0 Å². The molecule has 7 rings (SSSR count). The van der Waals surface area contributed by atoms with Gasteiger partial charge in [0.15, 0.2) is 0 Å². The molecule has 7 aromatic rings. The minimum atomic E-state index is 0.796. The summed E-state index contributed by atoms with van der Waals surface area (Å²) < 4.78 is 6.82. The van der Waals surface area contributed by atoms with Crippen molar-refractivity contribution in [3.05, 3.63) is 152 Å². The summed E-state index contributed by atoms with van der Waals surface area (Å²) in [6, 6.07) is 48.5. The second-order valence-corrected chi connectivity index (χ2v) is 9.58. The Morgan fingerprint density at radius 1 is 0.436 bits per heavy atom. The Morgan fingerprint density at radius 3 is 1.69 bits per heavy atom. The highest BCUT2D eigenvalue weighted by molar-refractivity contribution is 6.16. The van der Waals surface area contributed by atoms with E-state index in [0.717, 1.165) is 49.7 Å². The van der Waals surface area contributed by atoms with Gasteiger partial charge in [0.2, 0.25) is 0 Å². The molecule has 0 atom stereocenters. The van der Waals surface area contributed by atoms with E-state index in [1.54, 1.807) is 0 Å². The van der Waals surface area contributed by atoms with Crippen LogP contribution in [0.5, 0.6) is 11.5 Å². The highest BCUT2D eigenvalue weighted by Gasteiger charge is 2.18. The minimum absolute atomic E-state index is 0.796. The lowest BCUT2D eigenvalue weighted by Gasteiger charge is -2.18. The molecule has 0 aliphatic rings. The molecule has 0 bridgehead atoms. The fourth-order valence-electron chi connectivity index (χ4n) is 5.44. The number of fused-ring (bicyclic) bond motifs is 2. The number of ether oxygens (including phenoxy) is 1. The van der Waals surface area contributed by atoms with Crippen LogP contribution in [0.15, 0.2) is 152 Å². The fourth-order valence-corrected chi connectivity index (χ4v) is 5.44. The molecule has 0 unspecified atom stereocenters. The lowest BCUT2D eigenvalue weighted by atomic mass is 9.92. The number of nitrogens with zero attached hydrogens (tertiary/aromatic N) is 1. The molecule has 2 nitrogen and oxygen atoms in total. The molecule has 2 heteroatoms. The van der Waals surface area contributed by atoms with Crippen LogP contribution in [0.4, 0.5) is 0 Å². The largest absolute Gasteiger partial charge is 0.456 e. The number of rotatable bonds is 5. The highest BCUT2D eigenvalue weighted by Crippen LogP contribution is 2.45. The molecule has 0 saturated carbocycles. The number of benzene rings is 6. The molecule has 0 aliphatic heterocycles. The standard InChI is InChI=1S/C37H25NO/c1-4-12-26(13-5-1)30-21-20-29(24-34(30)27-14-6-2-7-15-27)39-37-32-19-11-10-18-31(32)36(28-16-8-3-9-17-28)35-25-38-23-22-33(35)37/h1-25H. The van der Waals surface area contributed by atoms with Crippen molar-refractivity contribution in [3.8, 4) is 44.9 Å². The smallest absolute Gasteiger partial charge is 0.143 e. The first-order valence-electron chi connectivity index (χ1n) is 13.1. The van der Waals surface area contributed by atoms with Gasteiger partial charge < -0.3 is 4.74 Å². The van der Waals surface area contributed by atoms with Crippen LogP contribution in [0.1, 0.15) is 0 Å². The minimum Gasteiger partial charge on any atom is -0.456 e. The first kappa shape index (κ1) is 22.9. The summed E-state index contributed by atoms with van der Waals surface area (Å²) in [4.78, 5) is 4.50. The van der Waals surface area contributed by atoms with E-state index in [2.05, 4.69) is 126 Å². The molecule has 39 heavy (non-hydrogen) atoms. The quantitative estimate of drug-likeness (QED) is 0.220. The fraction of sp³-hybridized carbons (Fsp3) is 0. The van der Waals surface area contributed by atoms with Gasteiger partial charge in [0.05, 0.1) is 0 Å². The third-order valence-corrected chi connectivity index (χ3v) is 7.22. The normalized spacial score (nSPS) is 11.1. The van der Waals surface area contributed by atoms with Crippen molar-refractivity contribution < 1.29 is 4.74 Å². The lowest BCUT2D eigenvalue weighted by molar-refractivity contribution is 0.494. The number of aromatic nitrogens is 1. The summed E-state index contributed by atoms with van der Waals surface area (Å²) in [6.07, 6.45) is 3.79. The van der Waals surface area contributed by atoms with Gasteiger partial charge in [-0.1, -0.05) is 121 Å². The molecule has 1 aromatic heterocycles. The monoisotopic (exact) mass is 499 g/mol. The van der Waals surface area contributed by atoms with Crippen molar-refractivity contribution in [1.29, 1.82) is 0 Å². The third-order valence-electron chi connectivity index (χ3n) is 7.22. The maximum Gasteiger partial charge on any atom is 0.143 e. The zero-order valence-electron chi connectivity index (χ0n) is 21.3. The van der Waals surface area contributed by atoms with Crippen LogP contribution in [0, 0.1) is 0 Å². The average molecular weight is 500 g/mol. The molecular formula is C37H25NO. The van der Waals surface area contributed by atoms with Crippen LogP contribution < -0.4 is 4.74 Å². The lowest BCUT2D eigenvalue weighted by Crippen LogP contribution is -1.94. The zero-order valence-corrected chi connectivity index (χ0v) is 21.3. The molecule has 184 valence electrons. The van der Waals surface area contributed by atoms with Gasteiger partial charge in [-0.15, -0.1) is 0 Å². The first-order valence-corrected chi connectivity index (χ1v) is 13.1.